The zero-order valence-electron chi connectivity index (χ0n) is 12.7. The normalized spacial score (nSPS) is 10.7. The molecule has 0 aliphatic heterocycles. The molecule has 1 aromatic rings. The first-order valence-electron chi connectivity index (χ1n) is 6.78. The number of carbonyl (C=O) groups excluding carboxylic acids is 1. The number of halogens is 1. The van der Waals surface area contributed by atoms with Gasteiger partial charge in [-0.3, -0.25) is 9.69 Å². The minimum absolute atomic E-state index is 0.117. The number of nitrogens with zero attached hydrogens (tertiary/aromatic N) is 1. The summed E-state index contributed by atoms with van der Waals surface area (Å²) in [7, 11) is 1.52. The van der Waals surface area contributed by atoms with Crippen LogP contribution in [0.25, 0.3) is 0 Å². The van der Waals surface area contributed by atoms with E-state index >= 15 is 0 Å². The van der Waals surface area contributed by atoms with Crippen molar-refractivity contribution in [2.75, 3.05) is 37.8 Å². The number of alkyl halides is 1. The Hall–Kier alpha value is -1.30. The summed E-state index contributed by atoms with van der Waals surface area (Å²) in [5.41, 5.74) is 0.634. The van der Waals surface area contributed by atoms with Crippen LogP contribution in [0.4, 0.5) is 5.69 Å². The van der Waals surface area contributed by atoms with Crippen LogP contribution in [0.3, 0.4) is 0 Å². The van der Waals surface area contributed by atoms with Crippen molar-refractivity contribution in [2.24, 2.45) is 0 Å². The average Bonchev–Trinajstić information content (AvgIpc) is 2.49. The lowest BCUT2D eigenvalue weighted by atomic mass is 10.2. The fourth-order valence-electron chi connectivity index (χ4n) is 1.71. The quantitative estimate of drug-likeness (QED) is 0.399. The highest BCUT2D eigenvalue weighted by atomic mass is 35.5. The van der Waals surface area contributed by atoms with Crippen LogP contribution in [0, 0.1) is 0 Å². The van der Waals surface area contributed by atoms with Crippen molar-refractivity contribution < 1.29 is 19.0 Å². The topological polar surface area (TPSA) is 48.0 Å². The maximum atomic E-state index is 11.9. The molecule has 0 heterocycles. The van der Waals surface area contributed by atoms with Gasteiger partial charge in [0.15, 0.2) is 0 Å². The van der Waals surface area contributed by atoms with E-state index in [1.807, 2.05) is 26.0 Å². The molecule has 1 amide bonds. The monoisotopic (exact) mass is 315 g/mol. The van der Waals surface area contributed by atoms with Gasteiger partial charge >= 0.3 is 0 Å². The maximum Gasteiger partial charge on any atom is 0.243 e. The second-order valence-corrected chi connectivity index (χ2v) is 4.88. The lowest BCUT2D eigenvalue weighted by Crippen LogP contribution is -2.34. The summed E-state index contributed by atoms with van der Waals surface area (Å²) in [4.78, 5) is 13.4. The number of ether oxygens (including phenoxy) is 3. The first kappa shape index (κ1) is 17.8. The fraction of sp³-hybridized carbons (Fsp3) is 0.533. The predicted octanol–water partition coefficient (Wildman–Crippen LogP) is 2.67. The van der Waals surface area contributed by atoms with Crippen molar-refractivity contribution >= 4 is 23.2 Å². The number of anilines is 1. The SMILES string of the molecule is COCN(C(=O)CCl)c1ccccc1OCCOC(C)C. The Morgan fingerprint density at radius 2 is 2.00 bits per heavy atom. The fourth-order valence-corrected chi connectivity index (χ4v) is 1.86. The van der Waals surface area contributed by atoms with E-state index in [1.54, 1.807) is 12.1 Å². The van der Waals surface area contributed by atoms with Gasteiger partial charge in [0, 0.05) is 7.11 Å². The molecular formula is C15H22ClNO4. The minimum Gasteiger partial charge on any atom is -0.489 e. The van der Waals surface area contributed by atoms with Crippen LogP contribution in [-0.4, -0.2) is 44.9 Å². The molecule has 0 unspecified atom stereocenters. The van der Waals surface area contributed by atoms with Crippen molar-refractivity contribution in [2.45, 2.75) is 20.0 Å². The molecular weight excluding hydrogens is 294 g/mol. The van der Waals surface area contributed by atoms with Gasteiger partial charge in [0.25, 0.3) is 0 Å². The van der Waals surface area contributed by atoms with E-state index in [0.717, 1.165) is 0 Å². The van der Waals surface area contributed by atoms with Gasteiger partial charge in [0.1, 0.15) is 25.0 Å². The number of methoxy groups -OCH3 is 1. The van der Waals surface area contributed by atoms with Crippen LogP contribution in [0.5, 0.6) is 5.75 Å². The average molecular weight is 316 g/mol. The van der Waals surface area contributed by atoms with Crippen LogP contribution < -0.4 is 9.64 Å². The lowest BCUT2D eigenvalue weighted by Gasteiger charge is -2.23. The van der Waals surface area contributed by atoms with E-state index in [-0.39, 0.29) is 24.6 Å². The largest absolute Gasteiger partial charge is 0.489 e. The van der Waals surface area contributed by atoms with Gasteiger partial charge in [-0.05, 0) is 26.0 Å². The molecule has 5 nitrogen and oxygen atoms in total. The number of hydrogen-bond donors (Lipinski definition) is 0. The number of para-hydroxylation sites is 2. The van der Waals surface area contributed by atoms with Gasteiger partial charge in [-0.2, -0.15) is 0 Å². The molecule has 0 bridgehead atoms. The molecule has 6 heteroatoms. The van der Waals surface area contributed by atoms with Gasteiger partial charge < -0.3 is 14.2 Å². The van der Waals surface area contributed by atoms with Crippen molar-refractivity contribution in [3.05, 3.63) is 24.3 Å². The number of benzene rings is 1. The van der Waals surface area contributed by atoms with Crippen molar-refractivity contribution in [3.63, 3.8) is 0 Å². The smallest absolute Gasteiger partial charge is 0.243 e. The van der Waals surface area contributed by atoms with Crippen molar-refractivity contribution in [1.29, 1.82) is 0 Å². The third kappa shape index (κ3) is 5.91. The third-order valence-electron chi connectivity index (χ3n) is 2.62. The van der Waals surface area contributed by atoms with Gasteiger partial charge in [-0.1, -0.05) is 12.1 Å². The molecule has 0 atom stereocenters. The van der Waals surface area contributed by atoms with Crippen LogP contribution in [0.2, 0.25) is 0 Å². The standard InChI is InChI=1S/C15H22ClNO4/c1-12(2)20-8-9-21-14-7-5-4-6-13(14)17(11-19-3)15(18)10-16/h4-7,12H,8-11H2,1-3H3. The molecule has 0 N–H and O–H groups in total. The molecule has 0 fully saturated rings. The van der Waals surface area contributed by atoms with E-state index in [0.29, 0.717) is 24.7 Å². The molecule has 0 aliphatic rings. The Balaban J connectivity index is 2.78. The third-order valence-corrected chi connectivity index (χ3v) is 2.85. The van der Waals surface area contributed by atoms with E-state index in [2.05, 4.69) is 0 Å². The van der Waals surface area contributed by atoms with Gasteiger partial charge in [0.05, 0.1) is 18.4 Å². The number of amides is 1. The molecule has 0 saturated carbocycles. The zero-order valence-corrected chi connectivity index (χ0v) is 13.4. The maximum absolute atomic E-state index is 11.9. The summed E-state index contributed by atoms with van der Waals surface area (Å²) in [5.74, 6) is 0.238. The molecule has 0 radical (unpaired) electrons. The predicted molar refractivity (Wildman–Crippen MR) is 83.1 cm³/mol. The summed E-state index contributed by atoms with van der Waals surface area (Å²) in [6.45, 7) is 4.94. The second-order valence-electron chi connectivity index (χ2n) is 4.61. The first-order chi connectivity index (χ1) is 10.1. The minimum atomic E-state index is -0.243. The molecule has 0 saturated heterocycles. The molecule has 118 valence electrons. The highest BCUT2D eigenvalue weighted by Crippen LogP contribution is 2.28. The van der Waals surface area contributed by atoms with E-state index in [1.165, 1.54) is 12.0 Å². The number of rotatable bonds is 9. The lowest BCUT2D eigenvalue weighted by molar-refractivity contribution is -0.117. The van der Waals surface area contributed by atoms with E-state index < -0.39 is 0 Å². The summed E-state index contributed by atoms with van der Waals surface area (Å²) < 4.78 is 16.2. The van der Waals surface area contributed by atoms with Gasteiger partial charge in [-0.15, -0.1) is 11.6 Å². The van der Waals surface area contributed by atoms with Crippen LogP contribution in [0.1, 0.15) is 13.8 Å². The Kier molecular flexibility index (Phi) is 8.12. The Labute approximate surface area is 130 Å². The summed E-state index contributed by atoms with van der Waals surface area (Å²) in [5, 5.41) is 0. The van der Waals surface area contributed by atoms with Crippen molar-refractivity contribution in [1.82, 2.24) is 0 Å². The van der Waals surface area contributed by atoms with E-state index in [9.17, 15) is 4.79 Å². The summed E-state index contributed by atoms with van der Waals surface area (Å²) >= 11 is 5.64. The van der Waals surface area contributed by atoms with Crippen LogP contribution in [-0.2, 0) is 14.3 Å². The van der Waals surface area contributed by atoms with Gasteiger partial charge in [-0.25, -0.2) is 0 Å². The molecule has 0 spiro atoms. The van der Waals surface area contributed by atoms with Crippen LogP contribution in [0.15, 0.2) is 24.3 Å². The van der Waals surface area contributed by atoms with Gasteiger partial charge in [0.2, 0.25) is 5.91 Å². The van der Waals surface area contributed by atoms with Crippen molar-refractivity contribution in [3.8, 4) is 5.75 Å². The molecule has 21 heavy (non-hydrogen) atoms. The molecule has 1 rings (SSSR count). The summed E-state index contributed by atoms with van der Waals surface area (Å²) in [6.07, 6.45) is 0.159. The first-order valence-corrected chi connectivity index (χ1v) is 7.32. The Morgan fingerprint density at radius 3 is 2.62 bits per heavy atom. The molecule has 0 aliphatic carbocycles. The highest BCUT2D eigenvalue weighted by molar-refractivity contribution is 6.29. The van der Waals surface area contributed by atoms with Crippen LogP contribution >= 0.6 is 11.6 Å². The van der Waals surface area contributed by atoms with E-state index in [4.69, 9.17) is 25.8 Å². The number of hydrogen-bond acceptors (Lipinski definition) is 4. The number of carbonyl (C=O) groups is 1. The zero-order chi connectivity index (χ0) is 15.7. The highest BCUT2D eigenvalue weighted by Gasteiger charge is 2.18. The second kappa shape index (κ2) is 9.60. The molecule has 1 aromatic carbocycles. The Morgan fingerprint density at radius 1 is 1.29 bits per heavy atom. The summed E-state index contributed by atoms with van der Waals surface area (Å²) in [6, 6.07) is 7.27. The molecule has 0 aromatic heterocycles. The Bertz CT molecular complexity index is 439.